The molecule has 0 fully saturated rings. The molecule has 18 heavy (non-hydrogen) atoms. The van der Waals surface area contributed by atoms with E-state index in [1.807, 2.05) is 36.0 Å². The number of nitrogen functional groups attached to an aromatic ring is 1. The van der Waals surface area contributed by atoms with Crippen LogP contribution >= 0.6 is 0 Å². The molecule has 3 rings (SSSR count). The van der Waals surface area contributed by atoms with Crippen molar-refractivity contribution in [2.45, 2.75) is 6.92 Å². The van der Waals surface area contributed by atoms with Crippen LogP contribution in [0.25, 0.3) is 22.2 Å². The maximum atomic E-state index is 6.09. The van der Waals surface area contributed by atoms with Crippen molar-refractivity contribution in [3.8, 4) is 11.3 Å². The van der Waals surface area contributed by atoms with Gasteiger partial charge >= 0.3 is 0 Å². The number of hydrogen-bond donors (Lipinski definition) is 1. The largest absolute Gasteiger partial charge is 0.398 e. The van der Waals surface area contributed by atoms with Gasteiger partial charge in [-0.1, -0.05) is 29.8 Å². The summed E-state index contributed by atoms with van der Waals surface area (Å²) in [5.74, 6) is 0. The lowest BCUT2D eigenvalue weighted by atomic mass is 10.0. The minimum atomic E-state index is 0.775. The van der Waals surface area contributed by atoms with Crippen LogP contribution < -0.4 is 5.73 Å². The number of nitrogens with zero attached hydrogens (tertiary/aromatic N) is 2. The molecule has 0 aliphatic carbocycles. The molecule has 90 valence electrons. The zero-order valence-electron chi connectivity index (χ0n) is 10.5. The average molecular weight is 237 g/mol. The van der Waals surface area contributed by atoms with Crippen LogP contribution in [0.4, 0.5) is 5.69 Å². The number of nitrogens with two attached hydrogens (primary N) is 1. The van der Waals surface area contributed by atoms with Crippen LogP contribution in [0.5, 0.6) is 0 Å². The van der Waals surface area contributed by atoms with Crippen molar-refractivity contribution in [3.05, 3.63) is 48.0 Å². The van der Waals surface area contributed by atoms with E-state index in [2.05, 4.69) is 30.2 Å². The van der Waals surface area contributed by atoms with Gasteiger partial charge in [-0.2, -0.15) is 5.10 Å². The third-order valence-corrected chi connectivity index (χ3v) is 3.20. The molecule has 0 atom stereocenters. The quantitative estimate of drug-likeness (QED) is 0.661. The Balaban J connectivity index is 2.36. The minimum absolute atomic E-state index is 0.775. The van der Waals surface area contributed by atoms with Crippen LogP contribution in [0.2, 0.25) is 0 Å². The number of hydrogen-bond acceptors (Lipinski definition) is 2. The fourth-order valence-electron chi connectivity index (χ4n) is 2.33. The van der Waals surface area contributed by atoms with E-state index in [-0.39, 0.29) is 0 Å². The monoisotopic (exact) mass is 237 g/mol. The summed E-state index contributed by atoms with van der Waals surface area (Å²) in [5.41, 5.74) is 11.2. The summed E-state index contributed by atoms with van der Waals surface area (Å²) in [6.45, 7) is 2.08. The molecular formula is C15H15N3. The zero-order chi connectivity index (χ0) is 12.7. The number of anilines is 1. The first kappa shape index (κ1) is 10.8. The predicted molar refractivity (Wildman–Crippen MR) is 75.3 cm³/mol. The lowest BCUT2D eigenvalue weighted by Gasteiger charge is -2.01. The van der Waals surface area contributed by atoms with Gasteiger partial charge in [0.1, 0.15) is 5.69 Å². The Morgan fingerprint density at radius 3 is 2.67 bits per heavy atom. The number of fused-ring (bicyclic) bond motifs is 1. The lowest BCUT2D eigenvalue weighted by molar-refractivity contribution is 0.800. The minimum Gasteiger partial charge on any atom is -0.398 e. The van der Waals surface area contributed by atoms with Crippen LogP contribution in [0.1, 0.15) is 5.56 Å². The van der Waals surface area contributed by atoms with Crippen molar-refractivity contribution in [1.82, 2.24) is 9.78 Å². The topological polar surface area (TPSA) is 43.8 Å². The Morgan fingerprint density at radius 1 is 1.11 bits per heavy atom. The van der Waals surface area contributed by atoms with Crippen LogP contribution in [0, 0.1) is 6.92 Å². The average Bonchev–Trinajstić information content (AvgIpc) is 2.69. The first-order chi connectivity index (χ1) is 8.66. The highest BCUT2D eigenvalue weighted by atomic mass is 15.3. The summed E-state index contributed by atoms with van der Waals surface area (Å²) in [6.07, 6.45) is 0. The maximum absolute atomic E-state index is 6.09. The fourth-order valence-corrected chi connectivity index (χ4v) is 2.33. The molecule has 0 bridgehead atoms. The molecule has 2 N–H and O–H groups in total. The second kappa shape index (κ2) is 3.88. The second-order valence-electron chi connectivity index (χ2n) is 4.58. The molecule has 0 saturated heterocycles. The normalized spacial score (nSPS) is 11.0. The van der Waals surface area contributed by atoms with E-state index in [0.29, 0.717) is 0 Å². The molecule has 0 radical (unpaired) electrons. The molecular weight excluding hydrogens is 222 g/mol. The van der Waals surface area contributed by atoms with Gasteiger partial charge in [-0.15, -0.1) is 0 Å². The highest BCUT2D eigenvalue weighted by Gasteiger charge is 2.12. The van der Waals surface area contributed by atoms with E-state index in [0.717, 1.165) is 27.8 Å². The smallest absolute Gasteiger partial charge is 0.102 e. The van der Waals surface area contributed by atoms with E-state index in [1.54, 1.807) is 0 Å². The van der Waals surface area contributed by atoms with Gasteiger partial charge in [0.05, 0.1) is 10.9 Å². The predicted octanol–water partition coefficient (Wildman–Crippen LogP) is 3.13. The molecule has 0 amide bonds. The summed E-state index contributed by atoms with van der Waals surface area (Å²) in [6, 6.07) is 14.2. The van der Waals surface area contributed by atoms with E-state index in [1.165, 1.54) is 5.56 Å². The molecule has 0 spiro atoms. The highest BCUT2D eigenvalue weighted by molar-refractivity contribution is 6.01. The van der Waals surface area contributed by atoms with E-state index < -0.39 is 0 Å². The van der Waals surface area contributed by atoms with Crippen molar-refractivity contribution < 1.29 is 0 Å². The number of benzene rings is 2. The number of aromatic nitrogens is 2. The second-order valence-corrected chi connectivity index (χ2v) is 4.58. The third kappa shape index (κ3) is 1.56. The molecule has 2 aromatic carbocycles. The number of rotatable bonds is 1. The Bertz CT molecular complexity index is 726. The zero-order valence-corrected chi connectivity index (χ0v) is 10.5. The standard InChI is InChI=1S/C15H15N3/c1-10-5-3-6-11(9-10)15-14-12(16)7-4-8-13(14)18(2)17-15/h3-9H,16H2,1-2H3. The van der Waals surface area contributed by atoms with E-state index >= 15 is 0 Å². The Morgan fingerprint density at radius 2 is 1.89 bits per heavy atom. The summed E-state index contributed by atoms with van der Waals surface area (Å²) >= 11 is 0. The van der Waals surface area contributed by atoms with Gasteiger partial charge in [0.15, 0.2) is 0 Å². The van der Waals surface area contributed by atoms with Crippen LogP contribution in [-0.2, 0) is 7.05 Å². The van der Waals surface area contributed by atoms with Crippen LogP contribution in [0.15, 0.2) is 42.5 Å². The van der Waals surface area contributed by atoms with Crippen molar-refractivity contribution in [2.75, 3.05) is 5.73 Å². The first-order valence-electron chi connectivity index (χ1n) is 5.95. The SMILES string of the molecule is Cc1cccc(-c2nn(C)c3cccc(N)c23)c1. The maximum Gasteiger partial charge on any atom is 0.102 e. The summed E-state index contributed by atoms with van der Waals surface area (Å²) in [7, 11) is 1.95. The van der Waals surface area contributed by atoms with Gasteiger partial charge in [0.25, 0.3) is 0 Å². The van der Waals surface area contributed by atoms with Gasteiger partial charge in [-0.05, 0) is 25.1 Å². The van der Waals surface area contributed by atoms with Crippen molar-refractivity contribution in [2.24, 2.45) is 7.05 Å². The third-order valence-electron chi connectivity index (χ3n) is 3.20. The van der Waals surface area contributed by atoms with Crippen molar-refractivity contribution in [1.29, 1.82) is 0 Å². The van der Waals surface area contributed by atoms with Crippen molar-refractivity contribution >= 4 is 16.6 Å². The van der Waals surface area contributed by atoms with Gasteiger partial charge in [0, 0.05) is 18.3 Å². The molecule has 3 heteroatoms. The molecule has 0 aliphatic rings. The Hall–Kier alpha value is -2.29. The van der Waals surface area contributed by atoms with Crippen LogP contribution in [-0.4, -0.2) is 9.78 Å². The Kier molecular flexibility index (Phi) is 2.33. The fraction of sp³-hybridized carbons (Fsp3) is 0.133. The van der Waals surface area contributed by atoms with Gasteiger partial charge in [0.2, 0.25) is 0 Å². The molecule has 3 nitrogen and oxygen atoms in total. The van der Waals surface area contributed by atoms with Gasteiger partial charge < -0.3 is 5.73 Å². The van der Waals surface area contributed by atoms with E-state index in [4.69, 9.17) is 5.73 Å². The van der Waals surface area contributed by atoms with Gasteiger partial charge in [-0.25, -0.2) is 0 Å². The summed E-state index contributed by atoms with van der Waals surface area (Å²) in [5, 5.41) is 5.63. The highest BCUT2D eigenvalue weighted by Crippen LogP contribution is 2.31. The van der Waals surface area contributed by atoms with Crippen LogP contribution in [0.3, 0.4) is 0 Å². The lowest BCUT2D eigenvalue weighted by Crippen LogP contribution is -1.89. The Labute approximate surface area is 106 Å². The number of aryl methyl sites for hydroxylation is 2. The van der Waals surface area contributed by atoms with Gasteiger partial charge in [-0.3, -0.25) is 4.68 Å². The molecule has 0 aliphatic heterocycles. The molecule has 3 aromatic rings. The molecule has 1 heterocycles. The first-order valence-corrected chi connectivity index (χ1v) is 5.95. The molecule has 1 aromatic heterocycles. The summed E-state index contributed by atoms with van der Waals surface area (Å²) < 4.78 is 1.88. The van der Waals surface area contributed by atoms with Crippen molar-refractivity contribution in [3.63, 3.8) is 0 Å². The van der Waals surface area contributed by atoms with E-state index in [9.17, 15) is 0 Å². The molecule has 0 unspecified atom stereocenters. The molecule has 0 saturated carbocycles. The summed E-state index contributed by atoms with van der Waals surface area (Å²) in [4.78, 5) is 0.